The average Bonchev–Trinajstić information content (AvgIpc) is 2.86. The largest absolute Gasteiger partial charge is 0.347 e. The number of nitrogens with two attached hydrogens (primary N) is 1. The molecule has 3 N–H and O–H groups in total. The first-order valence-electron chi connectivity index (χ1n) is 5.76. The Balaban J connectivity index is 0.00000180. The van der Waals surface area contributed by atoms with E-state index in [4.69, 9.17) is 5.73 Å². The van der Waals surface area contributed by atoms with Crippen LogP contribution in [0.4, 0.5) is 0 Å². The van der Waals surface area contributed by atoms with Crippen LogP contribution in [0.2, 0.25) is 0 Å². The second-order valence-corrected chi connectivity index (χ2v) is 4.78. The van der Waals surface area contributed by atoms with Crippen molar-refractivity contribution in [3.63, 3.8) is 0 Å². The van der Waals surface area contributed by atoms with Crippen molar-refractivity contribution in [1.29, 1.82) is 0 Å². The lowest BCUT2D eigenvalue weighted by Gasteiger charge is -2.02. The van der Waals surface area contributed by atoms with Crippen LogP contribution >= 0.6 is 23.7 Å². The topological polar surface area (TPSA) is 68.0 Å². The molecule has 0 aliphatic carbocycles. The number of halogens is 1. The number of carbonyl (C=O) groups excluding carboxylic acids is 1. The van der Waals surface area contributed by atoms with Crippen LogP contribution in [0.15, 0.2) is 35.7 Å². The molecule has 1 aromatic heterocycles. The molecule has 2 aromatic rings. The van der Waals surface area contributed by atoms with E-state index in [0.717, 1.165) is 17.0 Å². The van der Waals surface area contributed by atoms with Gasteiger partial charge in [-0.3, -0.25) is 4.79 Å². The van der Waals surface area contributed by atoms with Gasteiger partial charge in [-0.05, 0) is 12.1 Å². The Morgan fingerprint density at radius 1 is 1.32 bits per heavy atom. The zero-order chi connectivity index (χ0) is 12.8. The Morgan fingerprint density at radius 3 is 2.74 bits per heavy atom. The van der Waals surface area contributed by atoms with E-state index < -0.39 is 0 Å². The van der Waals surface area contributed by atoms with E-state index in [-0.39, 0.29) is 18.3 Å². The molecule has 0 saturated heterocycles. The minimum atomic E-state index is -0.140. The van der Waals surface area contributed by atoms with Gasteiger partial charge < -0.3 is 11.1 Å². The third kappa shape index (κ3) is 4.63. The fraction of sp³-hybridized carbons (Fsp3) is 0.231. The summed E-state index contributed by atoms with van der Waals surface area (Å²) in [4.78, 5) is 16.1. The van der Waals surface area contributed by atoms with Crippen LogP contribution in [-0.2, 0) is 13.0 Å². The molecule has 0 radical (unpaired) electrons. The van der Waals surface area contributed by atoms with Crippen LogP contribution in [0.25, 0.3) is 0 Å². The van der Waals surface area contributed by atoms with Gasteiger partial charge in [-0.15, -0.1) is 23.7 Å². The summed E-state index contributed by atoms with van der Waals surface area (Å²) in [5.41, 5.74) is 6.99. The molecule has 4 nitrogen and oxygen atoms in total. The zero-order valence-corrected chi connectivity index (χ0v) is 12.0. The predicted molar refractivity (Wildman–Crippen MR) is 79.7 cm³/mol. The molecule has 19 heavy (non-hydrogen) atoms. The predicted octanol–water partition coefficient (Wildman–Crippen LogP) is 2.00. The van der Waals surface area contributed by atoms with Crippen LogP contribution in [0.3, 0.4) is 0 Å². The molecule has 0 atom stereocenters. The summed E-state index contributed by atoms with van der Waals surface area (Å²) >= 11 is 1.47. The summed E-state index contributed by atoms with van der Waals surface area (Å²) in [6.45, 7) is 1.07. The lowest BCUT2D eigenvalue weighted by molar-refractivity contribution is 0.0946. The number of rotatable bonds is 5. The van der Waals surface area contributed by atoms with Crippen molar-refractivity contribution >= 4 is 29.7 Å². The van der Waals surface area contributed by atoms with Crippen molar-refractivity contribution < 1.29 is 4.79 Å². The number of hydrogen-bond acceptors (Lipinski definition) is 4. The molecule has 6 heteroatoms. The van der Waals surface area contributed by atoms with E-state index >= 15 is 0 Å². The first kappa shape index (κ1) is 15.6. The van der Waals surface area contributed by atoms with Crippen molar-refractivity contribution in [3.8, 4) is 0 Å². The van der Waals surface area contributed by atoms with Crippen LogP contribution in [0.1, 0.15) is 21.1 Å². The van der Waals surface area contributed by atoms with E-state index in [0.29, 0.717) is 18.8 Å². The third-order valence-electron chi connectivity index (χ3n) is 2.44. The number of carbonyl (C=O) groups is 1. The van der Waals surface area contributed by atoms with Gasteiger partial charge in [0, 0.05) is 18.3 Å². The second-order valence-electron chi connectivity index (χ2n) is 3.83. The molecule has 102 valence electrons. The summed E-state index contributed by atoms with van der Waals surface area (Å²) in [6.07, 6.45) is 0.719. The number of hydrogen-bond donors (Lipinski definition) is 2. The fourth-order valence-corrected chi connectivity index (χ4v) is 2.32. The van der Waals surface area contributed by atoms with Crippen molar-refractivity contribution in [3.05, 3.63) is 52.0 Å². The monoisotopic (exact) mass is 297 g/mol. The van der Waals surface area contributed by atoms with E-state index in [2.05, 4.69) is 10.3 Å². The minimum absolute atomic E-state index is 0. The molecule has 0 aliphatic heterocycles. The molecule has 1 aromatic carbocycles. The highest BCUT2D eigenvalue weighted by molar-refractivity contribution is 7.09. The van der Waals surface area contributed by atoms with E-state index in [9.17, 15) is 4.79 Å². The highest BCUT2D eigenvalue weighted by Gasteiger charge is 2.09. The Morgan fingerprint density at radius 2 is 2.05 bits per heavy atom. The average molecular weight is 298 g/mol. The maximum Gasteiger partial charge on any atom is 0.271 e. The molecule has 1 heterocycles. The lowest BCUT2D eigenvalue weighted by atomic mass is 10.2. The van der Waals surface area contributed by atoms with Gasteiger partial charge in [0.05, 0.1) is 5.01 Å². The molecule has 0 bridgehead atoms. The third-order valence-corrected chi connectivity index (χ3v) is 3.35. The molecule has 1 amide bonds. The Bertz CT molecular complexity index is 516. The van der Waals surface area contributed by atoms with E-state index in [1.54, 1.807) is 5.38 Å². The first-order valence-corrected chi connectivity index (χ1v) is 6.64. The summed E-state index contributed by atoms with van der Waals surface area (Å²) in [5.74, 6) is -0.140. The van der Waals surface area contributed by atoms with Crippen molar-refractivity contribution in [2.45, 2.75) is 13.0 Å². The minimum Gasteiger partial charge on any atom is -0.347 e. The smallest absolute Gasteiger partial charge is 0.271 e. The SMILES string of the molecule is Cl.NCCc1nc(C(=O)NCc2ccccc2)cs1. The Labute approximate surface area is 122 Å². The summed E-state index contributed by atoms with van der Waals surface area (Å²) in [6, 6.07) is 9.79. The highest BCUT2D eigenvalue weighted by atomic mass is 35.5. The number of nitrogens with one attached hydrogen (secondary N) is 1. The molecule has 0 spiro atoms. The van der Waals surface area contributed by atoms with Gasteiger partial charge in [0.1, 0.15) is 5.69 Å². The number of thiazole rings is 1. The van der Waals surface area contributed by atoms with Crippen molar-refractivity contribution in [2.75, 3.05) is 6.54 Å². The fourth-order valence-electron chi connectivity index (χ4n) is 1.52. The van der Waals surface area contributed by atoms with Gasteiger partial charge in [0.2, 0.25) is 0 Å². The van der Waals surface area contributed by atoms with Crippen LogP contribution in [0.5, 0.6) is 0 Å². The molecule has 0 unspecified atom stereocenters. The maximum atomic E-state index is 11.8. The van der Waals surface area contributed by atoms with Crippen molar-refractivity contribution in [1.82, 2.24) is 10.3 Å². The van der Waals surface area contributed by atoms with Gasteiger partial charge >= 0.3 is 0 Å². The van der Waals surface area contributed by atoms with E-state index in [1.807, 2.05) is 30.3 Å². The number of benzene rings is 1. The molecule has 0 fully saturated rings. The Hall–Kier alpha value is -1.43. The molecule has 0 saturated carbocycles. The second kappa shape index (κ2) is 7.89. The molecule has 2 rings (SSSR count). The quantitative estimate of drug-likeness (QED) is 0.887. The van der Waals surface area contributed by atoms with Gasteiger partial charge in [-0.25, -0.2) is 4.98 Å². The number of amides is 1. The van der Waals surface area contributed by atoms with Crippen LogP contribution in [0, 0.1) is 0 Å². The summed E-state index contributed by atoms with van der Waals surface area (Å²) < 4.78 is 0. The van der Waals surface area contributed by atoms with E-state index in [1.165, 1.54) is 11.3 Å². The highest BCUT2D eigenvalue weighted by Crippen LogP contribution is 2.10. The normalized spacial score (nSPS) is 9.74. The first-order chi connectivity index (χ1) is 8.79. The van der Waals surface area contributed by atoms with Gasteiger partial charge in [-0.1, -0.05) is 30.3 Å². The lowest BCUT2D eigenvalue weighted by Crippen LogP contribution is -2.23. The van der Waals surface area contributed by atoms with Crippen LogP contribution < -0.4 is 11.1 Å². The van der Waals surface area contributed by atoms with Crippen LogP contribution in [-0.4, -0.2) is 17.4 Å². The number of aromatic nitrogens is 1. The summed E-state index contributed by atoms with van der Waals surface area (Å²) in [5, 5.41) is 5.52. The molecular formula is C13H16ClN3OS. The van der Waals surface area contributed by atoms with Crippen molar-refractivity contribution in [2.24, 2.45) is 5.73 Å². The van der Waals surface area contributed by atoms with Gasteiger partial charge in [0.25, 0.3) is 5.91 Å². The number of nitrogens with zero attached hydrogens (tertiary/aromatic N) is 1. The Kier molecular flexibility index (Phi) is 6.49. The standard InChI is InChI=1S/C13H15N3OS.ClH/c14-7-6-12-16-11(9-18-12)13(17)15-8-10-4-2-1-3-5-10;/h1-5,9H,6-8,14H2,(H,15,17);1H. The van der Waals surface area contributed by atoms with Gasteiger partial charge in [-0.2, -0.15) is 0 Å². The zero-order valence-electron chi connectivity index (χ0n) is 10.3. The van der Waals surface area contributed by atoms with Gasteiger partial charge in [0.15, 0.2) is 0 Å². The maximum absolute atomic E-state index is 11.8. The summed E-state index contributed by atoms with van der Waals surface area (Å²) in [7, 11) is 0. The molecule has 0 aliphatic rings. The molecular weight excluding hydrogens is 282 g/mol.